The molecule has 1 heterocycles. The quantitative estimate of drug-likeness (QED) is 0.484. The van der Waals surface area contributed by atoms with Crippen LogP contribution in [0.25, 0.3) is 0 Å². The number of aromatic amines is 1. The van der Waals surface area contributed by atoms with Crippen LogP contribution in [-0.2, 0) is 9.53 Å². The van der Waals surface area contributed by atoms with E-state index in [0.717, 1.165) is 0 Å². The number of H-pyrrole nitrogens is 1. The van der Waals surface area contributed by atoms with Gasteiger partial charge in [0.2, 0.25) is 5.91 Å². The Balaban J connectivity index is 2.68. The van der Waals surface area contributed by atoms with E-state index in [1.54, 1.807) is 6.92 Å². The lowest BCUT2D eigenvalue weighted by atomic mass is 10.3. The first-order valence-corrected chi connectivity index (χ1v) is 4.38. The molecule has 0 radical (unpaired) electrons. The summed E-state index contributed by atoms with van der Waals surface area (Å²) in [5, 5.41) is 6.19. The monoisotopic (exact) mass is 212 g/mol. The average molecular weight is 212 g/mol. The van der Waals surface area contributed by atoms with Gasteiger partial charge < -0.3 is 4.74 Å². The standard InChI is InChI=1S/C8H12N4O3/c1-3-15-8(14)6-4-9-11-7(6)12-10-5(2)13/h4H,3H2,1-2H3,(H,10,13)(H2,9,11,12). The first-order chi connectivity index (χ1) is 7.15. The van der Waals surface area contributed by atoms with Gasteiger partial charge in [0.1, 0.15) is 5.56 Å². The topological polar surface area (TPSA) is 96.1 Å². The molecule has 0 bridgehead atoms. The number of anilines is 1. The Kier molecular flexibility index (Phi) is 3.67. The molecule has 0 saturated heterocycles. The molecule has 3 N–H and O–H groups in total. The summed E-state index contributed by atoms with van der Waals surface area (Å²) < 4.78 is 4.78. The maximum atomic E-state index is 11.3. The predicted molar refractivity (Wildman–Crippen MR) is 52.0 cm³/mol. The van der Waals surface area contributed by atoms with Crippen LogP contribution < -0.4 is 10.9 Å². The van der Waals surface area contributed by atoms with Crippen LogP contribution >= 0.6 is 0 Å². The highest BCUT2D eigenvalue weighted by Crippen LogP contribution is 2.10. The normalized spacial score (nSPS) is 9.47. The van der Waals surface area contributed by atoms with E-state index in [0.29, 0.717) is 5.82 Å². The summed E-state index contributed by atoms with van der Waals surface area (Å²) in [6, 6.07) is 0. The van der Waals surface area contributed by atoms with Crippen molar-refractivity contribution in [2.24, 2.45) is 0 Å². The largest absolute Gasteiger partial charge is 0.462 e. The highest BCUT2D eigenvalue weighted by atomic mass is 16.5. The van der Waals surface area contributed by atoms with E-state index in [9.17, 15) is 9.59 Å². The van der Waals surface area contributed by atoms with Gasteiger partial charge in [-0.15, -0.1) is 0 Å². The maximum absolute atomic E-state index is 11.3. The molecule has 0 aliphatic carbocycles. The number of rotatable bonds is 4. The minimum absolute atomic E-state index is 0.241. The number of hydrogen-bond acceptors (Lipinski definition) is 5. The molecule has 7 nitrogen and oxygen atoms in total. The third-order valence-electron chi connectivity index (χ3n) is 1.50. The fraction of sp³-hybridized carbons (Fsp3) is 0.375. The van der Waals surface area contributed by atoms with Gasteiger partial charge in [0.25, 0.3) is 0 Å². The maximum Gasteiger partial charge on any atom is 0.343 e. The number of esters is 1. The number of aromatic nitrogens is 2. The Labute approximate surface area is 86.2 Å². The van der Waals surface area contributed by atoms with Gasteiger partial charge in [-0.2, -0.15) is 5.10 Å². The van der Waals surface area contributed by atoms with Crippen LogP contribution in [0.5, 0.6) is 0 Å². The summed E-state index contributed by atoms with van der Waals surface area (Å²) in [5.41, 5.74) is 5.07. The lowest BCUT2D eigenvalue weighted by Crippen LogP contribution is -2.27. The Morgan fingerprint density at radius 3 is 2.93 bits per heavy atom. The van der Waals surface area contributed by atoms with Gasteiger partial charge in [0.15, 0.2) is 5.82 Å². The molecular weight excluding hydrogens is 200 g/mol. The number of carbonyl (C=O) groups is 2. The zero-order valence-electron chi connectivity index (χ0n) is 8.46. The van der Waals surface area contributed by atoms with Crippen LogP contribution in [0.15, 0.2) is 6.20 Å². The molecule has 1 rings (SSSR count). The van der Waals surface area contributed by atoms with Crippen LogP contribution in [-0.4, -0.2) is 28.7 Å². The van der Waals surface area contributed by atoms with Crippen LogP contribution in [0.3, 0.4) is 0 Å². The summed E-state index contributed by atoms with van der Waals surface area (Å²) in [7, 11) is 0. The van der Waals surface area contributed by atoms with Gasteiger partial charge in [0, 0.05) is 6.92 Å². The van der Waals surface area contributed by atoms with E-state index in [1.165, 1.54) is 13.1 Å². The average Bonchev–Trinajstić information content (AvgIpc) is 2.62. The van der Waals surface area contributed by atoms with E-state index in [1.807, 2.05) is 0 Å². The number of nitrogens with one attached hydrogen (secondary N) is 3. The van der Waals surface area contributed by atoms with E-state index in [2.05, 4.69) is 21.0 Å². The molecule has 0 aromatic carbocycles. The lowest BCUT2D eigenvalue weighted by molar-refractivity contribution is -0.118. The van der Waals surface area contributed by atoms with Gasteiger partial charge in [-0.05, 0) is 6.92 Å². The van der Waals surface area contributed by atoms with Gasteiger partial charge >= 0.3 is 5.97 Å². The van der Waals surface area contributed by atoms with E-state index in [-0.39, 0.29) is 18.1 Å². The number of hydrazine groups is 1. The molecule has 0 saturated carbocycles. The highest BCUT2D eigenvalue weighted by molar-refractivity contribution is 5.94. The van der Waals surface area contributed by atoms with E-state index >= 15 is 0 Å². The number of hydrogen-bond donors (Lipinski definition) is 3. The van der Waals surface area contributed by atoms with Crippen LogP contribution in [0.4, 0.5) is 5.82 Å². The summed E-state index contributed by atoms with van der Waals surface area (Å²) >= 11 is 0. The van der Waals surface area contributed by atoms with Gasteiger partial charge in [-0.1, -0.05) is 0 Å². The van der Waals surface area contributed by atoms with Crippen molar-refractivity contribution in [3.05, 3.63) is 11.8 Å². The molecule has 1 amide bonds. The zero-order chi connectivity index (χ0) is 11.3. The van der Waals surface area contributed by atoms with Crippen LogP contribution in [0.2, 0.25) is 0 Å². The molecule has 0 spiro atoms. The zero-order valence-corrected chi connectivity index (χ0v) is 8.46. The summed E-state index contributed by atoms with van der Waals surface area (Å²) in [6.45, 7) is 3.33. The lowest BCUT2D eigenvalue weighted by Gasteiger charge is -2.05. The molecule has 0 aliphatic heterocycles. The van der Waals surface area contributed by atoms with Gasteiger partial charge in [-0.3, -0.25) is 20.7 Å². The third-order valence-corrected chi connectivity index (χ3v) is 1.50. The Bertz CT molecular complexity index is 361. The molecule has 7 heteroatoms. The molecule has 0 atom stereocenters. The molecular formula is C8H12N4O3. The molecule has 82 valence electrons. The van der Waals surface area contributed by atoms with Crippen LogP contribution in [0.1, 0.15) is 24.2 Å². The third kappa shape index (κ3) is 2.97. The van der Waals surface area contributed by atoms with Crippen molar-refractivity contribution < 1.29 is 14.3 Å². The molecule has 1 aromatic heterocycles. The summed E-state index contributed by atoms with van der Waals surface area (Å²) in [4.78, 5) is 22.0. The van der Waals surface area contributed by atoms with Crippen molar-refractivity contribution in [2.45, 2.75) is 13.8 Å². The first kappa shape index (κ1) is 11.0. The minimum atomic E-state index is -0.501. The SMILES string of the molecule is CCOC(=O)c1cn[nH]c1NNC(C)=O. The number of nitrogens with zero attached hydrogens (tertiary/aromatic N) is 1. The molecule has 0 fully saturated rings. The van der Waals surface area contributed by atoms with Crippen molar-refractivity contribution in [3.8, 4) is 0 Å². The second kappa shape index (κ2) is 4.99. The molecule has 15 heavy (non-hydrogen) atoms. The van der Waals surface area contributed by atoms with Crippen molar-refractivity contribution in [2.75, 3.05) is 12.0 Å². The molecule has 0 aliphatic rings. The summed E-state index contributed by atoms with van der Waals surface area (Å²) in [5.74, 6) is -0.484. The Hall–Kier alpha value is -2.05. The fourth-order valence-corrected chi connectivity index (χ4v) is 0.896. The summed E-state index contributed by atoms with van der Waals surface area (Å²) in [6.07, 6.45) is 1.32. The van der Waals surface area contributed by atoms with E-state index in [4.69, 9.17) is 4.74 Å². The fourth-order valence-electron chi connectivity index (χ4n) is 0.896. The highest BCUT2D eigenvalue weighted by Gasteiger charge is 2.14. The predicted octanol–water partition coefficient (Wildman–Crippen LogP) is 0.0494. The Morgan fingerprint density at radius 1 is 1.60 bits per heavy atom. The van der Waals surface area contributed by atoms with E-state index < -0.39 is 5.97 Å². The first-order valence-electron chi connectivity index (χ1n) is 4.38. The van der Waals surface area contributed by atoms with Gasteiger partial charge in [0.05, 0.1) is 12.8 Å². The van der Waals surface area contributed by atoms with Crippen molar-refractivity contribution in [1.82, 2.24) is 15.6 Å². The number of carbonyl (C=O) groups excluding carboxylic acids is 2. The molecule has 1 aromatic rings. The minimum Gasteiger partial charge on any atom is -0.462 e. The Morgan fingerprint density at radius 2 is 2.33 bits per heavy atom. The second-order valence-corrected chi connectivity index (χ2v) is 2.69. The van der Waals surface area contributed by atoms with Gasteiger partial charge in [-0.25, -0.2) is 4.79 Å². The van der Waals surface area contributed by atoms with Crippen molar-refractivity contribution in [3.63, 3.8) is 0 Å². The smallest absolute Gasteiger partial charge is 0.343 e. The number of amides is 1. The van der Waals surface area contributed by atoms with Crippen molar-refractivity contribution in [1.29, 1.82) is 0 Å². The van der Waals surface area contributed by atoms with Crippen LogP contribution in [0, 0.1) is 0 Å². The second-order valence-electron chi connectivity index (χ2n) is 2.69. The molecule has 0 unspecified atom stereocenters. The van der Waals surface area contributed by atoms with Crippen molar-refractivity contribution >= 4 is 17.7 Å². The number of ether oxygens (including phenoxy) is 1.